The molecule has 1 aliphatic carbocycles. The Kier molecular flexibility index (Phi) is 1.97. The Labute approximate surface area is 67.7 Å². The summed E-state index contributed by atoms with van der Waals surface area (Å²) in [6.45, 7) is 0. The molecule has 1 nitrogen and oxygen atoms in total. The molecule has 1 atom stereocenters. The molecule has 0 aromatic rings. The Hall–Kier alpha value is -0.720. The Morgan fingerprint density at radius 1 is 1.36 bits per heavy atom. The molecule has 1 heterocycles. The molecule has 2 aliphatic rings. The standard InChI is InChI=1S/C10H14O/c1-2-5-9(6-3-1)10-7-4-8-11-10/h4-5,8,10H,1-3,6-7H2. The molecule has 0 N–H and O–H groups in total. The number of rotatable bonds is 1. The fourth-order valence-corrected chi connectivity index (χ4v) is 1.78. The minimum atomic E-state index is 0.398. The molecule has 0 saturated carbocycles. The predicted octanol–water partition coefficient (Wildman–Crippen LogP) is 2.79. The molecular formula is C10H14O. The van der Waals surface area contributed by atoms with Crippen LogP contribution in [0.25, 0.3) is 0 Å². The number of ether oxygens (including phenoxy) is 1. The van der Waals surface area contributed by atoms with Gasteiger partial charge in [0.1, 0.15) is 6.10 Å². The van der Waals surface area contributed by atoms with E-state index in [0.29, 0.717) is 6.10 Å². The minimum absolute atomic E-state index is 0.398. The molecule has 1 aliphatic heterocycles. The van der Waals surface area contributed by atoms with Gasteiger partial charge in [-0.3, -0.25) is 0 Å². The van der Waals surface area contributed by atoms with Gasteiger partial charge in [0.15, 0.2) is 0 Å². The molecule has 60 valence electrons. The largest absolute Gasteiger partial charge is 0.494 e. The van der Waals surface area contributed by atoms with E-state index in [4.69, 9.17) is 4.74 Å². The van der Waals surface area contributed by atoms with Crippen LogP contribution in [0.5, 0.6) is 0 Å². The number of hydrogen-bond acceptors (Lipinski definition) is 1. The fourth-order valence-electron chi connectivity index (χ4n) is 1.78. The van der Waals surface area contributed by atoms with Crippen molar-refractivity contribution < 1.29 is 4.74 Å². The van der Waals surface area contributed by atoms with Gasteiger partial charge in [-0.15, -0.1) is 0 Å². The molecule has 0 aromatic heterocycles. The molecule has 1 unspecified atom stereocenters. The molecule has 2 rings (SSSR count). The van der Waals surface area contributed by atoms with Gasteiger partial charge in [-0.2, -0.15) is 0 Å². The Balaban J connectivity index is 1.97. The van der Waals surface area contributed by atoms with Crippen molar-refractivity contribution in [2.24, 2.45) is 0 Å². The maximum atomic E-state index is 5.44. The van der Waals surface area contributed by atoms with Crippen molar-refractivity contribution in [2.75, 3.05) is 0 Å². The first-order valence-corrected chi connectivity index (χ1v) is 4.46. The molecule has 11 heavy (non-hydrogen) atoms. The first-order valence-electron chi connectivity index (χ1n) is 4.46. The molecule has 1 heteroatoms. The SMILES string of the molecule is C1=COC(C2=CCCCC2)C1. The van der Waals surface area contributed by atoms with Crippen molar-refractivity contribution in [2.45, 2.75) is 38.2 Å². The zero-order chi connectivity index (χ0) is 7.52. The van der Waals surface area contributed by atoms with E-state index in [9.17, 15) is 0 Å². The van der Waals surface area contributed by atoms with E-state index in [2.05, 4.69) is 12.2 Å². The average molecular weight is 150 g/mol. The van der Waals surface area contributed by atoms with E-state index >= 15 is 0 Å². The molecule has 0 radical (unpaired) electrons. The van der Waals surface area contributed by atoms with E-state index in [1.165, 1.54) is 31.3 Å². The summed E-state index contributed by atoms with van der Waals surface area (Å²) in [7, 11) is 0. The van der Waals surface area contributed by atoms with Gasteiger partial charge in [-0.1, -0.05) is 6.08 Å². The van der Waals surface area contributed by atoms with E-state index in [1.807, 2.05) is 6.26 Å². The zero-order valence-corrected chi connectivity index (χ0v) is 6.75. The van der Waals surface area contributed by atoms with Crippen LogP contribution in [-0.4, -0.2) is 6.10 Å². The number of allylic oxidation sites excluding steroid dienone is 1. The van der Waals surface area contributed by atoms with Crippen molar-refractivity contribution in [1.29, 1.82) is 0 Å². The Morgan fingerprint density at radius 3 is 3.00 bits per heavy atom. The van der Waals surface area contributed by atoms with E-state index < -0.39 is 0 Å². The highest BCUT2D eigenvalue weighted by atomic mass is 16.5. The van der Waals surface area contributed by atoms with Crippen LogP contribution in [0.2, 0.25) is 0 Å². The van der Waals surface area contributed by atoms with Crippen LogP contribution in [0.3, 0.4) is 0 Å². The summed E-state index contributed by atoms with van der Waals surface area (Å²) >= 11 is 0. The van der Waals surface area contributed by atoms with Crippen LogP contribution >= 0.6 is 0 Å². The second-order valence-corrected chi connectivity index (χ2v) is 3.26. The normalized spacial score (nSPS) is 29.8. The zero-order valence-electron chi connectivity index (χ0n) is 6.75. The van der Waals surface area contributed by atoms with E-state index in [1.54, 1.807) is 0 Å². The average Bonchev–Trinajstić information content (AvgIpc) is 2.58. The lowest BCUT2D eigenvalue weighted by Gasteiger charge is -2.18. The smallest absolute Gasteiger partial charge is 0.122 e. The highest BCUT2D eigenvalue weighted by molar-refractivity contribution is 5.14. The van der Waals surface area contributed by atoms with Crippen LogP contribution in [0.15, 0.2) is 24.0 Å². The van der Waals surface area contributed by atoms with Gasteiger partial charge in [0, 0.05) is 6.42 Å². The van der Waals surface area contributed by atoms with Crippen LogP contribution in [-0.2, 0) is 4.74 Å². The highest BCUT2D eigenvalue weighted by Crippen LogP contribution is 2.26. The van der Waals surface area contributed by atoms with Gasteiger partial charge in [0.05, 0.1) is 6.26 Å². The summed E-state index contributed by atoms with van der Waals surface area (Å²) in [5.74, 6) is 0. The quantitative estimate of drug-likeness (QED) is 0.522. The number of hydrogen-bond donors (Lipinski definition) is 0. The summed E-state index contributed by atoms with van der Waals surface area (Å²) in [5, 5.41) is 0. The third kappa shape index (κ3) is 1.47. The van der Waals surface area contributed by atoms with Crippen molar-refractivity contribution in [3.05, 3.63) is 24.0 Å². The summed E-state index contributed by atoms with van der Waals surface area (Å²) < 4.78 is 5.44. The molecule has 0 saturated heterocycles. The maximum absolute atomic E-state index is 5.44. The summed E-state index contributed by atoms with van der Waals surface area (Å²) in [6, 6.07) is 0. The lowest BCUT2D eigenvalue weighted by molar-refractivity contribution is 0.197. The Morgan fingerprint density at radius 2 is 2.36 bits per heavy atom. The van der Waals surface area contributed by atoms with Gasteiger partial charge >= 0.3 is 0 Å². The third-order valence-electron chi connectivity index (χ3n) is 2.43. The fraction of sp³-hybridized carbons (Fsp3) is 0.600. The maximum Gasteiger partial charge on any atom is 0.122 e. The second-order valence-electron chi connectivity index (χ2n) is 3.26. The van der Waals surface area contributed by atoms with Gasteiger partial charge < -0.3 is 4.74 Å². The molecule has 0 bridgehead atoms. The van der Waals surface area contributed by atoms with Crippen LogP contribution < -0.4 is 0 Å². The Bertz CT molecular complexity index is 183. The predicted molar refractivity (Wildman–Crippen MR) is 45.2 cm³/mol. The lowest BCUT2D eigenvalue weighted by atomic mass is 9.94. The molecular weight excluding hydrogens is 136 g/mol. The van der Waals surface area contributed by atoms with Gasteiger partial charge in [-0.05, 0) is 37.3 Å². The molecule has 0 aromatic carbocycles. The topological polar surface area (TPSA) is 9.23 Å². The van der Waals surface area contributed by atoms with Crippen molar-refractivity contribution in [1.82, 2.24) is 0 Å². The molecule has 0 spiro atoms. The molecule has 0 amide bonds. The lowest BCUT2D eigenvalue weighted by Crippen LogP contribution is -2.10. The summed E-state index contributed by atoms with van der Waals surface area (Å²) in [6.07, 6.45) is 13.0. The van der Waals surface area contributed by atoms with Gasteiger partial charge in [-0.25, -0.2) is 0 Å². The third-order valence-corrected chi connectivity index (χ3v) is 2.43. The van der Waals surface area contributed by atoms with Gasteiger partial charge in [0.2, 0.25) is 0 Å². The van der Waals surface area contributed by atoms with Crippen LogP contribution in [0.1, 0.15) is 32.1 Å². The molecule has 0 fully saturated rings. The van der Waals surface area contributed by atoms with E-state index in [0.717, 1.165) is 6.42 Å². The van der Waals surface area contributed by atoms with Crippen molar-refractivity contribution in [3.8, 4) is 0 Å². The van der Waals surface area contributed by atoms with Gasteiger partial charge in [0.25, 0.3) is 0 Å². The second kappa shape index (κ2) is 3.12. The first-order chi connectivity index (χ1) is 5.47. The highest BCUT2D eigenvalue weighted by Gasteiger charge is 2.17. The summed E-state index contributed by atoms with van der Waals surface area (Å²) in [4.78, 5) is 0. The van der Waals surface area contributed by atoms with Crippen LogP contribution in [0, 0.1) is 0 Å². The van der Waals surface area contributed by atoms with Crippen molar-refractivity contribution in [3.63, 3.8) is 0 Å². The van der Waals surface area contributed by atoms with Crippen molar-refractivity contribution >= 4 is 0 Å². The monoisotopic (exact) mass is 150 g/mol. The summed E-state index contributed by atoms with van der Waals surface area (Å²) in [5.41, 5.74) is 1.53. The van der Waals surface area contributed by atoms with Crippen LogP contribution in [0.4, 0.5) is 0 Å². The minimum Gasteiger partial charge on any atom is -0.494 e. The van der Waals surface area contributed by atoms with E-state index in [-0.39, 0.29) is 0 Å². The first kappa shape index (κ1) is 6.96.